The summed E-state index contributed by atoms with van der Waals surface area (Å²) >= 11 is 3.30. The number of nitrogens with zero attached hydrogens (tertiary/aromatic N) is 4. The van der Waals surface area contributed by atoms with Gasteiger partial charge in [0.25, 0.3) is 0 Å². The molecule has 0 fully saturated rings. The van der Waals surface area contributed by atoms with E-state index in [4.69, 9.17) is 4.98 Å². The number of hydrogen-bond acceptors (Lipinski definition) is 5. The van der Waals surface area contributed by atoms with Gasteiger partial charge in [-0.25, -0.2) is 4.98 Å². The lowest BCUT2D eigenvalue weighted by Crippen LogP contribution is -1.98. The Balaban J connectivity index is 1.92. The third-order valence-electron chi connectivity index (χ3n) is 3.65. The van der Waals surface area contributed by atoms with Crippen LogP contribution in [0.3, 0.4) is 0 Å². The third kappa shape index (κ3) is 2.10. The van der Waals surface area contributed by atoms with Gasteiger partial charge in [0.1, 0.15) is 4.83 Å². The standard InChI is InChI=1S/C16H14N4S2/c1-3-20-14(18-19-16(20)21-2)13-9-11-8-10-6-4-5-7-12(10)17-15(11)22-13/h4-9H,3H2,1-2H3. The first-order valence-electron chi connectivity index (χ1n) is 7.07. The molecule has 4 nitrogen and oxygen atoms in total. The minimum Gasteiger partial charge on any atom is -0.302 e. The third-order valence-corrected chi connectivity index (χ3v) is 5.35. The summed E-state index contributed by atoms with van der Waals surface area (Å²) in [4.78, 5) is 6.93. The van der Waals surface area contributed by atoms with Gasteiger partial charge in [0, 0.05) is 17.3 Å². The highest BCUT2D eigenvalue weighted by atomic mass is 32.2. The molecule has 0 N–H and O–H groups in total. The predicted molar refractivity (Wildman–Crippen MR) is 93.6 cm³/mol. The normalized spacial score (nSPS) is 11.5. The highest BCUT2D eigenvalue weighted by Gasteiger charge is 2.15. The van der Waals surface area contributed by atoms with Crippen LogP contribution in [0.25, 0.3) is 31.8 Å². The quantitative estimate of drug-likeness (QED) is 0.522. The van der Waals surface area contributed by atoms with Gasteiger partial charge >= 0.3 is 0 Å². The van der Waals surface area contributed by atoms with Gasteiger partial charge in [-0.3, -0.25) is 0 Å². The molecule has 4 rings (SSSR count). The van der Waals surface area contributed by atoms with Crippen molar-refractivity contribution in [2.24, 2.45) is 0 Å². The lowest BCUT2D eigenvalue weighted by Gasteiger charge is -2.03. The lowest BCUT2D eigenvalue weighted by atomic mass is 10.2. The van der Waals surface area contributed by atoms with Crippen molar-refractivity contribution in [3.8, 4) is 10.7 Å². The molecule has 0 saturated heterocycles. The largest absolute Gasteiger partial charge is 0.302 e. The maximum Gasteiger partial charge on any atom is 0.191 e. The number of aromatic nitrogens is 4. The highest BCUT2D eigenvalue weighted by Crippen LogP contribution is 2.34. The van der Waals surface area contributed by atoms with Crippen molar-refractivity contribution < 1.29 is 0 Å². The van der Waals surface area contributed by atoms with Crippen LogP contribution < -0.4 is 0 Å². The van der Waals surface area contributed by atoms with Gasteiger partial charge in [-0.1, -0.05) is 30.0 Å². The molecular formula is C16H14N4S2. The molecule has 0 bridgehead atoms. The maximum absolute atomic E-state index is 4.76. The van der Waals surface area contributed by atoms with E-state index in [0.29, 0.717) is 0 Å². The molecule has 3 heterocycles. The van der Waals surface area contributed by atoms with Crippen LogP contribution in [-0.4, -0.2) is 26.0 Å². The molecule has 0 aliphatic heterocycles. The summed E-state index contributed by atoms with van der Waals surface area (Å²) in [5.74, 6) is 0.930. The minimum absolute atomic E-state index is 0.863. The van der Waals surface area contributed by atoms with Crippen molar-refractivity contribution in [1.29, 1.82) is 0 Å². The SMILES string of the molecule is CCn1c(SC)nnc1-c1cc2cc3ccccc3nc2s1. The molecule has 0 unspecified atom stereocenters. The van der Waals surface area contributed by atoms with E-state index in [2.05, 4.69) is 46.0 Å². The van der Waals surface area contributed by atoms with E-state index in [1.807, 2.05) is 18.4 Å². The van der Waals surface area contributed by atoms with Gasteiger partial charge in [-0.15, -0.1) is 21.5 Å². The molecule has 0 aliphatic rings. The molecule has 110 valence electrons. The average molecular weight is 326 g/mol. The molecule has 4 aromatic rings. The van der Waals surface area contributed by atoms with E-state index in [-0.39, 0.29) is 0 Å². The van der Waals surface area contributed by atoms with Crippen LogP contribution in [0.15, 0.2) is 41.6 Å². The van der Waals surface area contributed by atoms with Crippen LogP contribution in [0.2, 0.25) is 0 Å². The van der Waals surface area contributed by atoms with E-state index in [0.717, 1.165) is 38.1 Å². The van der Waals surface area contributed by atoms with Crippen molar-refractivity contribution in [3.63, 3.8) is 0 Å². The zero-order chi connectivity index (χ0) is 15.1. The number of fused-ring (bicyclic) bond motifs is 2. The van der Waals surface area contributed by atoms with Gasteiger partial charge in [0.15, 0.2) is 11.0 Å². The number of para-hydroxylation sites is 1. The summed E-state index contributed by atoms with van der Waals surface area (Å²) < 4.78 is 2.15. The molecule has 1 aromatic carbocycles. The first-order chi connectivity index (χ1) is 10.8. The van der Waals surface area contributed by atoms with E-state index >= 15 is 0 Å². The molecule has 3 aromatic heterocycles. The Hall–Kier alpha value is -1.92. The first-order valence-corrected chi connectivity index (χ1v) is 9.11. The zero-order valence-electron chi connectivity index (χ0n) is 12.3. The Bertz CT molecular complexity index is 918. The number of thiophene rings is 1. The first kappa shape index (κ1) is 13.7. The monoisotopic (exact) mass is 326 g/mol. The summed E-state index contributed by atoms with van der Waals surface area (Å²) in [6, 6.07) is 12.6. The summed E-state index contributed by atoms with van der Waals surface area (Å²) in [6.07, 6.45) is 2.03. The van der Waals surface area contributed by atoms with Crippen LogP contribution in [0.1, 0.15) is 6.92 Å². The van der Waals surface area contributed by atoms with Gasteiger partial charge in [0.2, 0.25) is 0 Å². The molecule has 0 aliphatic carbocycles. The van der Waals surface area contributed by atoms with Crippen LogP contribution >= 0.6 is 23.1 Å². The fourth-order valence-electron chi connectivity index (χ4n) is 2.59. The Kier molecular flexibility index (Phi) is 3.35. The van der Waals surface area contributed by atoms with Gasteiger partial charge in [-0.05, 0) is 31.4 Å². The van der Waals surface area contributed by atoms with Crippen LogP contribution in [0.5, 0.6) is 0 Å². The summed E-state index contributed by atoms with van der Waals surface area (Å²) in [7, 11) is 0. The number of pyridine rings is 1. The average Bonchev–Trinajstić information content (AvgIpc) is 3.14. The zero-order valence-corrected chi connectivity index (χ0v) is 13.9. The van der Waals surface area contributed by atoms with Crippen molar-refractivity contribution in [1.82, 2.24) is 19.7 Å². The van der Waals surface area contributed by atoms with Crippen LogP contribution in [-0.2, 0) is 6.54 Å². The summed E-state index contributed by atoms with van der Waals surface area (Å²) in [5.41, 5.74) is 1.03. The second-order valence-electron chi connectivity index (χ2n) is 4.94. The molecule has 22 heavy (non-hydrogen) atoms. The molecule has 0 radical (unpaired) electrons. The number of hydrogen-bond donors (Lipinski definition) is 0. The summed E-state index contributed by atoms with van der Waals surface area (Å²) in [5, 5.41) is 11.9. The summed E-state index contributed by atoms with van der Waals surface area (Å²) in [6.45, 7) is 2.98. The van der Waals surface area contributed by atoms with E-state index in [9.17, 15) is 0 Å². The Morgan fingerprint density at radius 1 is 1.14 bits per heavy atom. The van der Waals surface area contributed by atoms with E-state index < -0.39 is 0 Å². The molecule has 0 saturated carbocycles. The molecule has 6 heteroatoms. The molecule has 0 spiro atoms. The fourth-order valence-corrected chi connectivity index (χ4v) is 4.17. The number of rotatable bonds is 3. The number of benzene rings is 1. The minimum atomic E-state index is 0.863. The van der Waals surface area contributed by atoms with Gasteiger partial charge < -0.3 is 4.57 Å². The Morgan fingerprint density at radius 3 is 2.82 bits per heavy atom. The van der Waals surface area contributed by atoms with Gasteiger partial charge in [0.05, 0.1) is 10.4 Å². The predicted octanol–water partition coefficient (Wildman–Crippen LogP) is 4.45. The van der Waals surface area contributed by atoms with Crippen molar-refractivity contribution >= 4 is 44.2 Å². The van der Waals surface area contributed by atoms with Crippen molar-refractivity contribution in [2.45, 2.75) is 18.6 Å². The molecule has 0 amide bonds. The maximum atomic E-state index is 4.76. The Morgan fingerprint density at radius 2 is 2.00 bits per heavy atom. The lowest BCUT2D eigenvalue weighted by molar-refractivity contribution is 0.689. The van der Waals surface area contributed by atoms with Crippen molar-refractivity contribution in [3.05, 3.63) is 36.4 Å². The van der Waals surface area contributed by atoms with Crippen molar-refractivity contribution in [2.75, 3.05) is 6.26 Å². The second-order valence-corrected chi connectivity index (χ2v) is 6.74. The molecule has 0 atom stereocenters. The molecular weight excluding hydrogens is 312 g/mol. The van der Waals surface area contributed by atoms with E-state index in [1.54, 1.807) is 23.1 Å². The van der Waals surface area contributed by atoms with Crippen LogP contribution in [0, 0.1) is 0 Å². The van der Waals surface area contributed by atoms with Crippen LogP contribution in [0.4, 0.5) is 0 Å². The highest BCUT2D eigenvalue weighted by molar-refractivity contribution is 7.98. The second kappa shape index (κ2) is 5.37. The Labute approximate surface area is 136 Å². The number of thioether (sulfide) groups is 1. The fraction of sp³-hybridized carbons (Fsp3) is 0.188. The smallest absolute Gasteiger partial charge is 0.191 e. The van der Waals surface area contributed by atoms with E-state index in [1.165, 1.54) is 5.39 Å². The van der Waals surface area contributed by atoms with Gasteiger partial charge in [-0.2, -0.15) is 0 Å². The topological polar surface area (TPSA) is 43.6 Å².